The lowest BCUT2D eigenvalue weighted by atomic mass is 10.2. The molecule has 0 bridgehead atoms. The zero-order chi connectivity index (χ0) is 17.1. The van der Waals surface area contributed by atoms with Crippen LogP contribution in [0.3, 0.4) is 0 Å². The zero-order valence-electron chi connectivity index (χ0n) is 13.2. The number of hydrazine groups is 1. The Labute approximate surface area is 148 Å². The molecule has 1 saturated carbocycles. The quantitative estimate of drug-likeness (QED) is 0.521. The summed E-state index contributed by atoms with van der Waals surface area (Å²) in [6.07, 6.45) is 11.1. The molecular formula is C16H20N2O4S2. The Morgan fingerprint density at radius 3 is 2.58 bits per heavy atom. The van der Waals surface area contributed by atoms with E-state index < -0.39 is 5.97 Å². The van der Waals surface area contributed by atoms with Crippen molar-refractivity contribution in [2.45, 2.75) is 49.1 Å². The van der Waals surface area contributed by atoms with Gasteiger partial charge >= 0.3 is 5.97 Å². The van der Waals surface area contributed by atoms with Crippen LogP contribution in [0.25, 0.3) is 0 Å². The lowest BCUT2D eigenvalue weighted by molar-refractivity contribution is -0.153. The minimum Gasteiger partial charge on any atom is -0.481 e. The van der Waals surface area contributed by atoms with Gasteiger partial charge in [0.1, 0.15) is 5.37 Å². The minimum absolute atomic E-state index is 0.142. The topological polar surface area (TPSA) is 77.9 Å². The number of carboxylic acids is 1. The normalized spacial score (nSPS) is 24.8. The fourth-order valence-corrected chi connectivity index (χ4v) is 6.07. The monoisotopic (exact) mass is 368 g/mol. The fraction of sp³-hybridized carbons (Fsp3) is 0.562. The van der Waals surface area contributed by atoms with Gasteiger partial charge in [-0.15, -0.1) is 0 Å². The van der Waals surface area contributed by atoms with E-state index in [2.05, 4.69) is 0 Å². The van der Waals surface area contributed by atoms with Crippen LogP contribution in [0.1, 0.15) is 38.5 Å². The number of nitrogens with zero attached hydrogens (tertiary/aromatic N) is 2. The van der Waals surface area contributed by atoms with Gasteiger partial charge in [-0.25, -0.2) is 0 Å². The molecule has 0 radical (unpaired) electrons. The molecule has 1 aliphatic carbocycles. The first-order valence-corrected chi connectivity index (χ1v) is 10.4. The second-order valence-corrected chi connectivity index (χ2v) is 8.73. The molecule has 2 heterocycles. The van der Waals surface area contributed by atoms with E-state index in [-0.39, 0.29) is 36.5 Å². The third-order valence-corrected chi connectivity index (χ3v) is 7.43. The number of hydrogen-bond donors (Lipinski definition) is 1. The summed E-state index contributed by atoms with van der Waals surface area (Å²) in [5.74, 6) is -0.504. The van der Waals surface area contributed by atoms with Crippen molar-refractivity contribution in [2.24, 2.45) is 5.92 Å². The molecule has 8 heteroatoms. The van der Waals surface area contributed by atoms with E-state index in [1.807, 2.05) is 18.2 Å². The van der Waals surface area contributed by atoms with Crippen molar-refractivity contribution in [3.05, 3.63) is 24.4 Å². The summed E-state index contributed by atoms with van der Waals surface area (Å²) >= 11 is 0. The highest BCUT2D eigenvalue weighted by Crippen LogP contribution is 2.47. The molecule has 2 fully saturated rings. The van der Waals surface area contributed by atoms with Crippen LogP contribution in [0.4, 0.5) is 0 Å². The SMILES string of the molecule is O=C(O)CCC(SSC1C=CC=CN1N1C(=O)CCC1=O)C1CC1. The van der Waals surface area contributed by atoms with E-state index in [1.54, 1.807) is 32.8 Å². The van der Waals surface area contributed by atoms with Crippen molar-refractivity contribution >= 4 is 39.4 Å². The first-order valence-electron chi connectivity index (χ1n) is 8.09. The van der Waals surface area contributed by atoms with Crippen LogP contribution in [-0.4, -0.2) is 43.5 Å². The number of amides is 2. The first kappa shape index (κ1) is 17.4. The molecule has 0 aromatic heterocycles. The highest BCUT2D eigenvalue weighted by atomic mass is 33.1. The highest BCUT2D eigenvalue weighted by molar-refractivity contribution is 8.77. The maximum atomic E-state index is 12.0. The lowest BCUT2D eigenvalue weighted by Gasteiger charge is -2.35. The van der Waals surface area contributed by atoms with Crippen LogP contribution >= 0.6 is 21.6 Å². The maximum absolute atomic E-state index is 12.0. The molecule has 0 spiro atoms. The molecule has 2 amide bonds. The number of carbonyl (C=O) groups is 3. The van der Waals surface area contributed by atoms with Gasteiger partial charge in [0, 0.05) is 30.7 Å². The second-order valence-electron chi connectivity index (χ2n) is 6.10. The number of aliphatic carboxylic acids is 1. The molecule has 2 aliphatic heterocycles. The Morgan fingerprint density at radius 1 is 1.25 bits per heavy atom. The van der Waals surface area contributed by atoms with E-state index in [0.29, 0.717) is 17.6 Å². The molecule has 6 nitrogen and oxygen atoms in total. The first-order chi connectivity index (χ1) is 11.6. The third-order valence-electron chi connectivity index (χ3n) is 4.21. The lowest BCUT2D eigenvalue weighted by Crippen LogP contribution is -2.47. The molecule has 3 aliphatic rings. The van der Waals surface area contributed by atoms with Crippen LogP contribution < -0.4 is 0 Å². The van der Waals surface area contributed by atoms with Gasteiger partial charge in [0.2, 0.25) is 11.8 Å². The van der Waals surface area contributed by atoms with Gasteiger partial charge in [0.05, 0.1) is 0 Å². The van der Waals surface area contributed by atoms with Crippen molar-refractivity contribution in [3.8, 4) is 0 Å². The van der Waals surface area contributed by atoms with Crippen LogP contribution in [-0.2, 0) is 14.4 Å². The predicted octanol–water partition coefficient (Wildman–Crippen LogP) is 2.79. The number of allylic oxidation sites excluding steroid dienone is 2. The van der Waals surface area contributed by atoms with Crippen LogP contribution in [0.2, 0.25) is 0 Å². The molecule has 24 heavy (non-hydrogen) atoms. The van der Waals surface area contributed by atoms with E-state index >= 15 is 0 Å². The smallest absolute Gasteiger partial charge is 0.303 e. The summed E-state index contributed by atoms with van der Waals surface area (Å²) in [5, 5.41) is 12.0. The zero-order valence-corrected chi connectivity index (χ0v) is 14.8. The third kappa shape index (κ3) is 4.16. The van der Waals surface area contributed by atoms with Gasteiger partial charge in [-0.1, -0.05) is 27.7 Å². The second kappa shape index (κ2) is 7.65. The van der Waals surface area contributed by atoms with Gasteiger partial charge in [-0.05, 0) is 37.3 Å². The standard InChI is InChI=1S/C16H20N2O4S2/c19-13-7-8-14(20)18(13)17-10-2-1-3-15(17)24-23-12(11-4-5-11)6-9-16(21)22/h1-3,10-12,15H,4-9H2,(H,21,22). The minimum atomic E-state index is -0.762. The van der Waals surface area contributed by atoms with E-state index in [0.717, 1.165) is 12.8 Å². The number of carbonyl (C=O) groups excluding carboxylic acids is 2. The Morgan fingerprint density at radius 2 is 1.96 bits per heavy atom. The van der Waals surface area contributed by atoms with E-state index in [9.17, 15) is 14.4 Å². The maximum Gasteiger partial charge on any atom is 0.303 e. The number of rotatable bonds is 8. The summed E-state index contributed by atoms with van der Waals surface area (Å²) in [7, 11) is 3.27. The van der Waals surface area contributed by atoms with Gasteiger partial charge in [-0.3, -0.25) is 19.4 Å². The number of imide groups is 1. The molecule has 0 aromatic rings. The van der Waals surface area contributed by atoms with Gasteiger partial charge < -0.3 is 5.11 Å². The Kier molecular flexibility index (Phi) is 5.55. The average Bonchev–Trinajstić information content (AvgIpc) is 3.34. The molecular weight excluding hydrogens is 348 g/mol. The molecule has 0 aromatic carbocycles. The van der Waals surface area contributed by atoms with Crippen molar-refractivity contribution < 1.29 is 19.5 Å². The molecule has 3 rings (SSSR count). The molecule has 2 unspecified atom stereocenters. The Hall–Kier alpha value is -1.41. The molecule has 130 valence electrons. The van der Waals surface area contributed by atoms with Gasteiger partial charge in [-0.2, -0.15) is 5.01 Å². The largest absolute Gasteiger partial charge is 0.481 e. The summed E-state index contributed by atoms with van der Waals surface area (Å²) in [5.41, 5.74) is 0. The summed E-state index contributed by atoms with van der Waals surface area (Å²) < 4.78 is 0. The fourth-order valence-electron chi connectivity index (χ4n) is 2.77. The van der Waals surface area contributed by atoms with Crippen LogP contribution in [0.15, 0.2) is 24.4 Å². The number of hydrogen-bond acceptors (Lipinski definition) is 6. The Bertz CT molecular complexity index is 573. The van der Waals surface area contributed by atoms with Crippen molar-refractivity contribution in [2.75, 3.05) is 0 Å². The molecule has 1 saturated heterocycles. The summed E-state index contributed by atoms with van der Waals surface area (Å²) in [6, 6.07) is 0. The van der Waals surface area contributed by atoms with E-state index in [1.165, 1.54) is 5.01 Å². The highest BCUT2D eigenvalue weighted by Gasteiger charge is 2.37. The molecule has 1 N–H and O–H groups in total. The molecule has 2 atom stereocenters. The van der Waals surface area contributed by atoms with Crippen molar-refractivity contribution in [1.82, 2.24) is 10.0 Å². The van der Waals surface area contributed by atoms with Crippen LogP contribution in [0, 0.1) is 5.92 Å². The van der Waals surface area contributed by atoms with Gasteiger partial charge in [0.15, 0.2) is 0 Å². The average molecular weight is 368 g/mol. The van der Waals surface area contributed by atoms with E-state index in [4.69, 9.17) is 5.11 Å². The van der Waals surface area contributed by atoms with Crippen molar-refractivity contribution in [1.29, 1.82) is 0 Å². The Balaban J connectivity index is 1.60. The van der Waals surface area contributed by atoms with Crippen molar-refractivity contribution in [3.63, 3.8) is 0 Å². The summed E-state index contributed by atoms with van der Waals surface area (Å²) in [6.45, 7) is 0. The van der Waals surface area contributed by atoms with Gasteiger partial charge in [0.25, 0.3) is 0 Å². The predicted molar refractivity (Wildman–Crippen MR) is 93.6 cm³/mol. The summed E-state index contributed by atoms with van der Waals surface area (Å²) in [4.78, 5) is 34.8. The number of carboxylic acid groups (broad SMARTS) is 1. The van der Waals surface area contributed by atoms with Crippen LogP contribution in [0.5, 0.6) is 0 Å².